The summed E-state index contributed by atoms with van der Waals surface area (Å²) in [6.07, 6.45) is 7.23. The second kappa shape index (κ2) is 6.45. The van der Waals surface area contributed by atoms with E-state index in [1.54, 1.807) is 0 Å². The van der Waals surface area contributed by atoms with Crippen LogP contribution in [0.15, 0.2) is 30.5 Å². The number of piperidine rings is 3. The van der Waals surface area contributed by atoms with Crippen LogP contribution < -0.4 is 5.73 Å². The third kappa shape index (κ3) is 2.74. The zero-order valence-electron chi connectivity index (χ0n) is 14.9. The molecule has 3 aliphatic rings. The van der Waals surface area contributed by atoms with Gasteiger partial charge in [-0.1, -0.05) is 25.0 Å². The van der Waals surface area contributed by atoms with E-state index < -0.39 is 0 Å². The summed E-state index contributed by atoms with van der Waals surface area (Å²) in [5.74, 6) is 1.77. The van der Waals surface area contributed by atoms with Gasteiger partial charge in [0.2, 0.25) is 0 Å². The number of nitrogens with two attached hydrogens (primary N) is 1. The topological polar surface area (TPSA) is 42.1 Å². The van der Waals surface area contributed by atoms with Crippen molar-refractivity contribution in [3.05, 3.63) is 41.6 Å². The summed E-state index contributed by atoms with van der Waals surface area (Å²) in [5, 5.41) is 1.23. The lowest BCUT2D eigenvalue weighted by Gasteiger charge is -2.52. The Morgan fingerprint density at radius 3 is 2.96 bits per heavy atom. The number of aromatic nitrogens is 1. The van der Waals surface area contributed by atoms with Gasteiger partial charge in [0.1, 0.15) is 0 Å². The van der Waals surface area contributed by atoms with Crippen molar-refractivity contribution in [1.82, 2.24) is 9.88 Å². The molecule has 2 N–H and O–H groups in total. The van der Waals surface area contributed by atoms with Crippen molar-refractivity contribution in [3.8, 4) is 0 Å². The molecule has 2 aromatic rings. The highest BCUT2D eigenvalue weighted by Crippen LogP contribution is 2.42. The number of hydrogen-bond donors (Lipinski definition) is 1. The average molecular weight is 323 g/mol. The summed E-state index contributed by atoms with van der Waals surface area (Å²) in [6, 6.07) is 9.20. The second-order valence-electron chi connectivity index (χ2n) is 7.84. The van der Waals surface area contributed by atoms with E-state index in [1.807, 2.05) is 6.20 Å². The SMILES string of the molecule is CCCC1C[N@@]2CCC1C[C@H]2[C@@H](N)c1ccnc2ccc(C)cc12. The maximum absolute atomic E-state index is 6.82. The summed E-state index contributed by atoms with van der Waals surface area (Å²) in [6.45, 7) is 6.93. The zero-order chi connectivity index (χ0) is 16.7. The lowest BCUT2D eigenvalue weighted by Crippen LogP contribution is -2.56. The van der Waals surface area contributed by atoms with Crippen molar-refractivity contribution in [1.29, 1.82) is 0 Å². The molecule has 3 nitrogen and oxygen atoms in total. The molecule has 5 atom stereocenters. The van der Waals surface area contributed by atoms with Crippen molar-refractivity contribution < 1.29 is 0 Å². The summed E-state index contributed by atoms with van der Waals surface area (Å²) < 4.78 is 0. The quantitative estimate of drug-likeness (QED) is 0.923. The minimum atomic E-state index is 0.0858. The second-order valence-corrected chi connectivity index (χ2v) is 7.84. The Hall–Kier alpha value is -1.45. The molecule has 2 unspecified atom stereocenters. The molecule has 0 radical (unpaired) electrons. The monoisotopic (exact) mass is 323 g/mol. The molecule has 0 aliphatic carbocycles. The molecule has 3 heteroatoms. The molecule has 0 saturated carbocycles. The Balaban J connectivity index is 1.63. The van der Waals surface area contributed by atoms with E-state index in [4.69, 9.17) is 5.73 Å². The molecule has 24 heavy (non-hydrogen) atoms. The summed E-state index contributed by atoms with van der Waals surface area (Å²) in [7, 11) is 0. The maximum atomic E-state index is 6.82. The lowest BCUT2D eigenvalue weighted by atomic mass is 9.71. The highest BCUT2D eigenvalue weighted by molar-refractivity contribution is 5.83. The number of aryl methyl sites for hydroxylation is 1. The van der Waals surface area contributed by atoms with Crippen LogP contribution in [0.25, 0.3) is 10.9 Å². The van der Waals surface area contributed by atoms with Gasteiger partial charge < -0.3 is 5.73 Å². The summed E-state index contributed by atoms with van der Waals surface area (Å²) >= 11 is 0. The summed E-state index contributed by atoms with van der Waals surface area (Å²) in [5.41, 5.74) is 10.4. The smallest absolute Gasteiger partial charge is 0.0705 e. The van der Waals surface area contributed by atoms with Crippen LogP contribution in [-0.4, -0.2) is 29.0 Å². The van der Waals surface area contributed by atoms with Gasteiger partial charge >= 0.3 is 0 Å². The van der Waals surface area contributed by atoms with E-state index in [-0.39, 0.29) is 6.04 Å². The van der Waals surface area contributed by atoms with Crippen molar-refractivity contribution in [3.63, 3.8) is 0 Å². The fourth-order valence-electron chi connectivity index (χ4n) is 5.03. The van der Waals surface area contributed by atoms with Crippen LogP contribution in [0.3, 0.4) is 0 Å². The molecule has 1 aromatic carbocycles. The van der Waals surface area contributed by atoms with E-state index in [0.717, 1.165) is 17.4 Å². The van der Waals surface area contributed by atoms with E-state index >= 15 is 0 Å². The molecule has 4 heterocycles. The molecule has 3 saturated heterocycles. The van der Waals surface area contributed by atoms with Gasteiger partial charge in [-0.3, -0.25) is 9.88 Å². The molecule has 3 fully saturated rings. The Bertz CT molecular complexity index is 726. The Morgan fingerprint density at radius 2 is 2.21 bits per heavy atom. The number of rotatable bonds is 4. The van der Waals surface area contributed by atoms with Crippen molar-refractivity contribution in [2.24, 2.45) is 17.6 Å². The fraction of sp³-hybridized carbons (Fsp3) is 0.571. The van der Waals surface area contributed by atoms with Crippen LogP contribution in [-0.2, 0) is 0 Å². The van der Waals surface area contributed by atoms with Crippen LogP contribution in [0.5, 0.6) is 0 Å². The molecular weight excluding hydrogens is 294 g/mol. The van der Waals surface area contributed by atoms with E-state index in [0.29, 0.717) is 6.04 Å². The van der Waals surface area contributed by atoms with E-state index in [9.17, 15) is 0 Å². The van der Waals surface area contributed by atoms with Crippen LogP contribution in [0.2, 0.25) is 0 Å². The van der Waals surface area contributed by atoms with Gasteiger partial charge in [0, 0.05) is 30.2 Å². The lowest BCUT2D eigenvalue weighted by molar-refractivity contribution is -0.0124. The van der Waals surface area contributed by atoms with E-state index in [1.165, 1.54) is 55.3 Å². The van der Waals surface area contributed by atoms with Crippen molar-refractivity contribution in [2.75, 3.05) is 13.1 Å². The van der Waals surface area contributed by atoms with Gasteiger partial charge in [-0.15, -0.1) is 0 Å². The van der Waals surface area contributed by atoms with Crippen LogP contribution in [0.1, 0.15) is 49.8 Å². The normalized spacial score (nSPS) is 30.6. The first-order valence-electron chi connectivity index (χ1n) is 9.52. The van der Waals surface area contributed by atoms with Crippen LogP contribution >= 0.6 is 0 Å². The first kappa shape index (κ1) is 16.0. The Morgan fingerprint density at radius 1 is 1.33 bits per heavy atom. The fourth-order valence-corrected chi connectivity index (χ4v) is 5.03. The standard InChI is InChI=1S/C21H29N3/c1-3-4-16-13-24-10-8-15(16)12-20(24)21(22)17-7-9-23-19-6-5-14(2)11-18(17)19/h5-7,9,11,15-16,20-21H,3-4,8,10,12-13,22H2,1-2H3/t15?,16?,20-,21-/m0/s1. The molecule has 0 amide bonds. The highest BCUT2D eigenvalue weighted by atomic mass is 15.2. The first-order chi connectivity index (χ1) is 11.7. The van der Waals surface area contributed by atoms with Gasteiger partial charge in [-0.25, -0.2) is 0 Å². The van der Waals surface area contributed by atoms with Gasteiger partial charge in [-0.05, 0) is 68.3 Å². The van der Waals surface area contributed by atoms with Crippen molar-refractivity contribution >= 4 is 10.9 Å². The van der Waals surface area contributed by atoms with Crippen molar-refractivity contribution in [2.45, 2.75) is 51.6 Å². The molecule has 2 bridgehead atoms. The molecular formula is C21H29N3. The maximum Gasteiger partial charge on any atom is 0.0705 e. The van der Waals surface area contributed by atoms with Gasteiger partial charge in [-0.2, -0.15) is 0 Å². The van der Waals surface area contributed by atoms with Crippen LogP contribution in [0.4, 0.5) is 0 Å². The Kier molecular flexibility index (Phi) is 4.31. The third-order valence-electron chi connectivity index (χ3n) is 6.30. The number of hydrogen-bond acceptors (Lipinski definition) is 3. The van der Waals surface area contributed by atoms with Crippen LogP contribution in [0, 0.1) is 18.8 Å². The number of fused-ring (bicyclic) bond motifs is 4. The molecule has 5 rings (SSSR count). The largest absolute Gasteiger partial charge is 0.323 e. The minimum Gasteiger partial charge on any atom is -0.323 e. The highest BCUT2D eigenvalue weighted by Gasteiger charge is 2.42. The zero-order valence-corrected chi connectivity index (χ0v) is 14.9. The van der Waals surface area contributed by atoms with E-state index in [2.05, 4.69) is 48.0 Å². The molecule has 3 aliphatic heterocycles. The minimum absolute atomic E-state index is 0.0858. The number of pyridine rings is 1. The number of benzene rings is 1. The van der Waals surface area contributed by atoms with Gasteiger partial charge in [0.15, 0.2) is 0 Å². The average Bonchev–Trinajstić information content (AvgIpc) is 2.61. The predicted octanol–water partition coefficient (Wildman–Crippen LogP) is 4.05. The predicted molar refractivity (Wildman–Crippen MR) is 99.9 cm³/mol. The molecule has 128 valence electrons. The summed E-state index contributed by atoms with van der Waals surface area (Å²) in [4.78, 5) is 7.20. The van der Waals surface area contributed by atoms with Gasteiger partial charge in [0.25, 0.3) is 0 Å². The van der Waals surface area contributed by atoms with Gasteiger partial charge in [0.05, 0.1) is 5.52 Å². The first-order valence-corrected chi connectivity index (χ1v) is 9.52. The number of nitrogens with zero attached hydrogens (tertiary/aromatic N) is 2. The third-order valence-corrected chi connectivity index (χ3v) is 6.30. The molecule has 1 aromatic heterocycles. The Labute approximate surface area is 145 Å². The molecule has 0 spiro atoms.